The van der Waals surface area contributed by atoms with Crippen molar-refractivity contribution in [2.45, 2.75) is 51.1 Å². The van der Waals surface area contributed by atoms with Crippen molar-refractivity contribution in [2.75, 3.05) is 13.1 Å². The number of nitrogens with one attached hydrogen (secondary N) is 1. The third-order valence-corrected chi connectivity index (χ3v) is 6.51. The Morgan fingerprint density at radius 3 is 2.68 bits per heavy atom. The van der Waals surface area contributed by atoms with Crippen LogP contribution in [0.3, 0.4) is 0 Å². The minimum atomic E-state index is -0.552. The molecule has 1 aromatic carbocycles. The highest BCUT2D eigenvalue weighted by Gasteiger charge is 2.36. The molecule has 1 saturated heterocycles. The van der Waals surface area contributed by atoms with Gasteiger partial charge in [-0.2, -0.15) is 0 Å². The maximum Gasteiger partial charge on any atom is 0.257 e. The summed E-state index contributed by atoms with van der Waals surface area (Å²) in [6.45, 7) is 1.33. The van der Waals surface area contributed by atoms with E-state index >= 15 is 0 Å². The first-order valence-electron chi connectivity index (χ1n) is 11.0. The van der Waals surface area contributed by atoms with Gasteiger partial charge >= 0.3 is 0 Å². The summed E-state index contributed by atoms with van der Waals surface area (Å²) in [7, 11) is 0. The minimum absolute atomic E-state index is 0.0314. The Bertz CT molecular complexity index is 1090. The molecular formula is C23H25FN4O3. The second-order valence-corrected chi connectivity index (χ2v) is 8.65. The second-order valence-electron chi connectivity index (χ2n) is 8.65. The lowest BCUT2D eigenvalue weighted by atomic mass is 9.99. The number of H-pyrrole nitrogens is 1. The van der Waals surface area contributed by atoms with Gasteiger partial charge in [0.25, 0.3) is 11.5 Å². The minimum Gasteiger partial charge on any atom is -0.337 e. The van der Waals surface area contributed by atoms with Crippen LogP contribution in [0.15, 0.2) is 29.1 Å². The largest absolute Gasteiger partial charge is 0.337 e. The van der Waals surface area contributed by atoms with Crippen LogP contribution in [0.5, 0.6) is 0 Å². The summed E-state index contributed by atoms with van der Waals surface area (Å²) >= 11 is 0. The van der Waals surface area contributed by atoms with E-state index in [1.807, 2.05) is 0 Å². The van der Waals surface area contributed by atoms with Crippen molar-refractivity contribution >= 4 is 11.8 Å². The lowest BCUT2D eigenvalue weighted by Crippen LogP contribution is -2.43. The van der Waals surface area contributed by atoms with E-state index in [2.05, 4.69) is 4.98 Å². The third kappa shape index (κ3) is 3.75. The predicted octanol–water partition coefficient (Wildman–Crippen LogP) is 2.57. The van der Waals surface area contributed by atoms with E-state index in [1.54, 1.807) is 21.9 Å². The average molecular weight is 424 g/mol. The predicted molar refractivity (Wildman–Crippen MR) is 111 cm³/mol. The SMILES string of the molecule is O=C(C1CC1)N1CCc2nc([C@H]3CCCCN3C(=O)c3ccccc3F)[nH]c(=O)c2C1. The molecule has 31 heavy (non-hydrogen) atoms. The lowest BCUT2D eigenvalue weighted by molar-refractivity contribution is -0.133. The molecule has 3 aliphatic rings. The van der Waals surface area contributed by atoms with Gasteiger partial charge in [-0.1, -0.05) is 12.1 Å². The Morgan fingerprint density at radius 1 is 1.10 bits per heavy atom. The van der Waals surface area contributed by atoms with Crippen LogP contribution >= 0.6 is 0 Å². The number of benzene rings is 1. The fourth-order valence-corrected chi connectivity index (χ4v) is 4.63. The third-order valence-electron chi connectivity index (χ3n) is 6.51. The zero-order chi connectivity index (χ0) is 21.5. The van der Waals surface area contributed by atoms with Crippen molar-refractivity contribution in [1.29, 1.82) is 0 Å². The molecule has 2 fully saturated rings. The Morgan fingerprint density at radius 2 is 1.90 bits per heavy atom. The summed E-state index contributed by atoms with van der Waals surface area (Å²) in [6, 6.07) is 5.56. The van der Waals surface area contributed by atoms with Gasteiger partial charge in [-0.3, -0.25) is 14.4 Å². The average Bonchev–Trinajstić information content (AvgIpc) is 3.64. The number of hydrogen-bond acceptors (Lipinski definition) is 4. The Kier molecular flexibility index (Phi) is 5.08. The van der Waals surface area contributed by atoms with E-state index in [9.17, 15) is 18.8 Å². The van der Waals surface area contributed by atoms with E-state index in [-0.39, 0.29) is 35.4 Å². The molecule has 7 nitrogen and oxygen atoms in total. The number of hydrogen-bond donors (Lipinski definition) is 1. The monoisotopic (exact) mass is 424 g/mol. The van der Waals surface area contributed by atoms with Crippen LogP contribution in [0.2, 0.25) is 0 Å². The molecule has 2 aliphatic heterocycles. The molecule has 0 radical (unpaired) electrons. The standard InChI is InChI=1S/C23H25FN4O3/c24-17-6-2-1-5-15(17)23(31)28-11-4-3-7-19(28)20-25-18-10-12-27(22(30)14-8-9-14)13-16(18)21(29)26-20/h1-2,5-6,14,19H,3-4,7-13H2,(H,25,26,29)/t19-/m1/s1. The van der Waals surface area contributed by atoms with Crippen molar-refractivity contribution in [3.05, 3.63) is 63.1 Å². The fraction of sp³-hybridized carbons (Fsp3) is 0.478. The van der Waals surface area contributed by atoms with Gasteiger partial charge < -0.3 is 14.8 Å². The zero-order valence-corrected chi connectivity index (χ0v) is 17.3. The van der Waals surface area contributed by atoms with Gasteiger partial charge in [0, 0.05) is 25.4 Å². The Balaban J connectivity index is 1.43. The van der Waals surface area contributed by atoms with Crippen molar-refractivity contribution in [2.24, 2.45) is 5.92 Å². The summed E-state index contributed by atoms with van der Waals surface area (Å²) in [4.78, 5) is 49.3. The van der Waals surface area contributed by atoms with Crippen LogP contribution in [0, 0.1) is 11.7 Å². The molecule has 0 bridgehead atoms. The molecule has 0 unspecified atom stereocenters. The van der Waals surface area contributed by atoms with Crippen molar-refractivity contribution < 1.29 is 14.0 Å². The maximum atomic E-state index is 14.2. The smallest absolute Gasteiger partial charge is 0.257 e. The first-order chi connectivity index (χ1) is 15.0. The highest BCUT2D eigenvalue weighted by molar-refractivity contribution is 5.94. The number of likely N-dealkylation sites (tertiary alicyclic amines) is 1. The molecular weight excluding hydrogens is 399 g/mol. The van der Waals surface area contributed by atoms with Crippen molar-refractivity contribution in [3.63, 3.8) is 0 Å². The number of fused-ring (bicyclic) bond motifs is 1. The first kappa shape index (κ1) is 19.9. The lowest BCUT2D eigenvalue weighted by Gasteiger charge is -2.36. The van der Waals surface area contributed by atoms with Crippen LogP contribution < -0.4 is 5.56 Å². The van der Waals surface area contributed by atoms with Crippen LogP contribution in [0.4, 0.5) is 4.39 Å². The molecule has 2 aromatic rings. The Labute approximate surface area is 179 Å². The van der Waals surface area contributed by atoms with E-state index in [0.29, 0.717) is 43.0 Å². The molecule has 2 amide bonds. The number of halogens is 1. The number of carbonyl (C=O) groups is 2. The van der Waals surface area contributed by atoms with E-state index < -0.39 is 11.9 Å². The quantitative estimate of drug-likeness (QED) is 0.821. The summed E-state index contributed by atoms with van der Waals surface area (Å²) in [5.41, 5.74) is 1.01. The van der Waals surface area contributed by atoms with E-state index in [0.717, 1.165) is 25.7 Å². The fourth-order valence-electron chi connectivity index (χ4n) is 4.63. The van der Waals surface area contributed by atoms with Crippen LogP contribution in [-0.4, -0.2) is 44.7 Å². The number of carbonyl (C=O) groups excluding carboxylic acids is 2. The number of rotatable bonds is 3. The molecule has 1 N–H and O–H groups in total. The number of piperidine rings is 1. The highest BCUT2D eigenvalue weighted by Crippen LogP contribution is 2.33. The maximum absolute atomic E-state index is 14.2. The van der Waals surface area contributed by atoms with Crippen molar-refractivity contribution in [3.8, 4) is 0 Å². The van der Waals surface area contributed by atoms with Gasteiger partial charge in [-0.15, -0.1) is 0 Å². The number of aromatic amines is 1. The van der Waals surface area contributed by atoms with E-state index in [1.165, 1.54) is 12.1 Å². The van der Waals surface area contributed by atoms with Gasteiger partial charge in [-0.05, 0) is 44.2 Å². The molecule has 1 aromatic heterocycles. The second kappa shape index (κ2) is 7.90. The van der Waals surface area contributed by atoms with Gasteiger partial charge in [-0.25, -0.2) is 9.37 Å². The van der Waals surface area contributed by atoms with Gasteiger partial charge in [0.2, 0.25) is 5.91 Å². The van der Waals surface area contributed by atoms with Gasteiger partial charge in [0.1, 0.15) is 11.6 Å². The summed E-state index contributed by atoms with van der Waals surface area (Å²) in [5, 5.41) is 0. The molecule has 162 valence electrons. The van der Waals surface area contributed by atoms with Crippen LogP contribution in [-0.2, 0) is 17.8 Å². The highest BCUT2D eigenvalue weighted by atomic mass is 19.1. The summed E-state index contributed by atoms with van der Waals surface area (Å²) < 4.78 is 14.2. The topological polar surface area (TPSA) is 86.4 Å². The van der Waals surface area contributed by atoms with E-state index in [4.69, 9.17) is 4.98 Å². The first-order valence-corrected chi connectivity index (χ1v) is 11.0. The molecule has 1 atom stereocenters. The number of nitrogens with zero attached hydrogens (tertiary/aromatic N) is 3. The van der Waals surface area contributed by atoms with Gasteiger partial charge in [0.15, 0.2) is 0 Å². The number of aromatic nitrogens is 2. The molecule has 0 spiro atoms. The zero-order valence-electron chi connectivity index (χ0n) is 17.3. The molecule has 1 saturated carbocycles. The molecule has 3 heterocycles. The summed E-state index contributed by atoms with van der Waals surface area (Å²) in [6.07, 6.45) is 4.78. The van der Waals surface area contributed by atoms with Gasteiger partial charge in [0.05, 0.1) is 29.4 Å². The Hall–Kier alpha value is -3.03. The molecule has 5 rings (SSSR count). The molecule has 8 heteroatoms. The van der Waals surface area contributed by atoms with Crippen LogP contribution in [0.25, 0.3) is 0 Å². The summed E-state index contributed by atoms with van der Waals surface area (Å²) in [5.74, 6) is -0.236. The van der Waals surface area contributed by atoms with Crippen molar-refractivity contribution in [1.82, 2.24) is 19.8 Å². The number of amides is 2. The normalized spacial score (nSPS) is 21.0. The molecule has 1 aliphatic carbocycles. The van der Waals surface area contributed by atoms with Crippen LogP contribution in [0.1, 0.15) is 65.6 Å².